The third-order valence-corrected chi connectivity index (χ3v) is 5.99. The Morgan fingerprint density at radius 2 is 1.97 bits per heavy atom. The third-order valence-electron chi connectivity index (χ3n) is 5.99. The molecule has 0 aliphatic carbocycles. The molecule has 0 saturated carbocycles. The van der Waals surface area contributed by atoms with Crippen LogP contribution in [0.1, 0.15) is 49.3 Å². The van der Waals surface area contributed by atoms with Gasteiger partial charge in [0, 0.05) is 32.6 Å². The number of aromatic nitrogens is 2. The number of carbonyl (C=O) groups excluding carboxylic acids is 2. The van der Waals surface area contributed by atoms with Crippen molar-refractivity contribution < 1.29 is 14.3 Å². The maximum absolute atomic E-state index is 13.0. The molecule has 1 aromatic heterocycles. The normalized spacial score (nSPS) is 18.3. The van der Waals surface area contributed by atoms with Gasteiger partial charge in [0.05, 0.1) is 18.3 Å². The maximum atomic E-state index is 13.0. The molecule has 4 rings (SSSR count). The summed E-state index contributed by atoms with van der Waals surface area (Å²) in [7, 11) is 1.85. The molecule has 2 amide bonds. The van der Waals surface area contributed by atoms with Gasteiger partial charge in [-0.3, -0.25) is 9.59 Å². The Bertz CT molecular complexity index is 950. The van der Waals surface area contributed by atoms with Crippen LogP contribution in [0, 0.1) is 0 Å². The highest BCUT2D eigenvalue weighted by Gasteiger charge is 2.32. The Kier molecular flexibility index (Phi) is 6.34. The fourth-order valence-corrected chi connectivity index (χ4v) is 4.32. The highest BCUT2D eigenvalue weighted by Crippen LogP contribution is 2.32. The summed E-state index contributed by atoms with van der Waals surface area (Å²) in [5.74, 6) is 2.09. The van der Waals surface area contributed by atoms with Crippen LogP contribution in [-0.4, -0.2) is 58.3 Å². The van der Waals surface area contributed by atoms with Gasteiger partial charge >= 0.3 is 0 Å². The Morgan fingerprint density at radius 3 is 2.71 bits per heavy atom. The molecule has 31 heavy (non-hydrogen) atoms. The van der Waals surface area contributed by atoms with Gasteiger partial charge in [0.2, 0.25) is 5.91 Å². The Hall–Kier alpha value is -3.16. The molecule has 8 nitrogen and oxygen atoms in total. The molecule has 164 valence electrons. The lowest BCUT2D eigenvalue weighted by Crippen LogP contribution is -2.42. The van der Waals surface area contributed by atoms with E-state index in [9.17, 15) is 9.59 Å². The first kappa shape index (κ1) is 21.1. The van der Waals surface area contributed by atoms with E-state index in [4.69, 9.17) is 14.7 Å². The van der Waals surface area contributed by atoms with Crippen molar-refractivity contribution in [2.24, 2.45) is 0 Å². The molecule has 1 saturated heterocycles. The predicted molar refractivity (Wildman–Crippen MR) is 117 cm³/mol. The van der Waals surface area contributed by atoms with Crippen LogP contribution >= 0.6 is 0 Å². The van der Waals surface area contributed by atoms with Gasteiger partial charge in [0.25, 0.3) is 5.91 Å². The number of anilines is 1. The second-order valence-corrected chi connectivity index (χ2v) is 8.00. The van der Waals surface area contributed by atoms with E-state index in [2.05, 4.69) is 5.32 Å². The van der Waals surface area contributed by atoms with Crippen LogP contribution in [0.15, 0.2) is 30.3 Å². The zero-order chi connectivity index (χ0) is 21.8. The van der Waals surface area contributed by atoms with Gasteiger partial charge in [-0.25, -0.2) is 9.97 Å². The monoisotopic (exact) mass is 423 g/mol. The van der Waals surface area contributed by atoms with Gasteiger partial charge < -0.3 is 19.9 Å². The summed E-state index contributed by atoms with van der Waals surface area (Å²) in [5.41, 5.74) is 1.93. The number of para-hydroxylation sites is 1. The van der Waals surface area contributed by atoms with Crippen LogP contribution in [-0.2, 0) is 22.6 Å². The van der Waals surface area contributed by atoms with Gasteiger partial charge in [0.15, 0.2) is 12.4 Å². The number of hydrogen-bond acceptors (Lipinski definition) is 6. The van der Waals surface area contributed by atoms with E-state index in [0.29, 0.717) is 31.2 Å². The SMILES string of the molecule is CNc1nc([C@@H]2CCCCN2C(=O)COc2ccccc2)nc2c1CCN(C(C)=O)C2. The molecule has 3 heterocycles. The van der Waals surface area contributed by atoms with Gasteiger partial charge in [-0.15, -0.1) is 0 Å². The van der Waals surface area contributed by atoms with Crippen molar-refractivity contribution >= 4 is 17.6 Å². The minimum absolute atomic E-state index is 0.0115. The van der Waals surface area contributed by atoms with E-state index in [1.807, 2.05) is 42.3 Å². The summed E-state index contributed by atoms with van der Waals surface area (Å²) in [6.45, 7) is 3.39. The average Bonchev–Trinajstić information content (AvgIpc) is 2.82. The van der Waals surface area contributed by atoms with Crippen molar-refractivity contribution in [1.82, 2.24) is 19.8 Å². The number of nitrogens with one attached hydrogen (secondary N) is 1. The molecule has 1 fully saturated rings. The van der Waals surface area contributed by atoms with Crippen LogP contribution in [0.4, 0.5) is 5.82 Å². The molecule has 1 N–H and O–H groups in total. The van der Waals surface area contributed by atoms with E-state index in [1.165, 1.54) is 0 Å². The predicted octanol–water partition coefficient (Wildman–Crippen LogP) is 2.56. The van der Waals surface area contributed by atoms with Gasteiger partial charge in [-0.2, -0.15) is 0 Å². The maximum Gasteiger partial charge on any atom is 0.261 e. The molecule has 2 aliphatic rings. The van der Waals surface area contributed by atoms with E-state index in [1.54, 1.807) is 11.8 Å². The number of fused-ring (bicyclic) bond motifs is 1. The summed E-state index contributed by atoms with van der Waals surface area (Å²) in [6, 6.07) is 9.17. The minimum Gasteiger partial charge on any atom is -0.484 e. The quantitative estimate of drug-likeness (QED) is 0.795. The lowest BCUT2D eigenvalue weighted by molar-refractivity contribution is -0.137. The van der Waals surface area contributed by atoms with Crippen molar-refractivity contribution in [1.29, 1.82) is 0 Å². The number of piperidine rings is 1. The van der Waals surface area contributed by atoms with Crippen molar-refractivity contribution in [2.75, 3.05) is 32.1 Å². The molecule has 0 radical (unpaired) electrons. The van der Waals surface area contributed by atoms with Gasteiger partial charge in [-0.1, -0.05) is 18.2 Å². The van der Waals surface area contributed by atoms with Crippen LogP contribution in [0.3, 0.4) is 0 Å². The van der Waals surface area contributed by atoms with Crippen LogP contribution in [0.5, 0.6) is 5.75 Å². The first-order valence-corrected chi connectivity index (χ1v) is 10.9. The number of benzene rings is 1. The summed E-state index contributed by atoms with van der Waals surface area (Å²) >= 11 is 0. The molecule has 0 unspecified atom stereocenters. The summed E-state index contributed by atoms with van der Waals surface area (Å²) in [5, 5.41) is 3.19. The number of likely N-dealkylation sites (tertiary alicyclic amines) is 1. The van der Waals surface area contributed by atoms with Crippen LogP contribution in [0.2, 0.25) is 0 Å². The van der Waals surface area contributed by atoms with Crippen molar-refractivity contribution in [3.05, 3.63) is 47.4 Å². The molecular formula is C23H29N5O3. The second-order valence-electron chi connectivity index (χ2n) is 8.00. The van der Waals surface area contributed by atoms with Crippen molar-refractivity contribution in [2.45, 2.75) is 45.2 Å². The van der Waals surface area contributed by atoms with Gasteiger partial charge in [-0.05, 0) is 37.8 Å². The van der Waals surface area contributed by atoms with Gasteiger partial charge in [0.1, 0.15) is 11.6 Å². The third kappa shape index (κ3) is 4.62. The van der Waals surface area contributed by atoms with E-state index < -0.39 is 0 Å². The number of amides is 2. The van der Waals surface area contributed by atoms with Crippen molar-refractivity contribution in [3.8, 4) is 5.75 Å². The number of carbonyl (C=O) groups is 2. The van der Waals surface area contributed by atoms with Crippen molar-refractivity contribution in [3.63, 3.8) is 0 Å². The Labute approximate surface area is 182 Å². The highest BCUT2D eigenvalue weighted by molar-refractivity contribution is 5.78. The first-order valence-electron chi connectivity index (χ1n) is 10.9. The number of nitrogens with zero attached hydrogens (tertiary/aromatic N) is 4. The highest BCUT2D eigenvalue weighted by atomic mass is 16.5. The number of hydrogen-bond donors (Lipinski definition) is 1. The Morgan fingerprint density at radius 1 is 1.16 bits per heavy atom. The minimum atomic E-state index is -0.189. The first-order chi connectivity index (χ1) is 15.1. The zero-order valence-electron chi connectivity index (χ0n) is 18.1. The molecule has 8 heteroatoms. The molecule has 1 atom stereocenters. The molecule has 0 bridgehead atoms. The molecule has 0 spiro atoms. The Balaban J connectivity index is 1.56. The standard InChI is InChI=1S/C23H29N5O3/c1-16(29)27-13-11-18-19(14-27)25-23(26-22(18)24-2)20-10-6-7-12-28(20)21(30)15-31-17-8-4-3-5-9-17/h3-5,8-9,20H,6-7,10-15H2,1-2H3,(H,24,25,26)/t20-/m0/s1. The summed E-state index contributed by atoms with van der Waals surface area (Å²) < 4.78 is 5.69. The van der Waals surface area contributed by atoms with E-state index in [-0.39, 0.29) is 24.5 Å². The summed E-state index contributed by atoms with van der Waals surface area (Å²) in [4.78, 5) is 38.2. The molecule has 2 aromatic rings. The molecule has 2 aliphatic heterocycles. The number of ether oxygens (including phenoxy) is 1. The largest absolute Gasteiger partial charge is 0.484 e. The smallest absolute Gasteiger partial charge is 0.261 e. The topological polar surface area (TPSA) is 87.7 Å². The molecule has 1 aromatic carbocycles. The fraction of sp³-hybridized carbons (Fsp3) is 0.478. The zero-order valence-corrected chi connectivity index (χ0v) is 18.1. The van der Waals surface area contributed by atoms with E-state index in [0.717, 1.165) is 42.8 Å². The second kappa shape index (κ2) is 9.32. The van der Waals surface area contributed by atoms with E-state index >= 15 is 0 Å². The average molecular weight is 424 g/mol. The fourth-order valence-electron chi connectivity index (χ4n) is 4.32. The van der Waals surface area contributed by atoms with Crippen LogP contribution in [0.25, 0.3) is 0 Å². The van der Waals surface area contributed by atoms with Crippen LogP contribution < -0.4 is 10.1 Å². The lowest BCUT2D eigenvalue weighted by atomic mass is 9.99. The molecular weight excluding hydrogens is 394 g/mol. The lowest BCUT2D eigenvalue weighted by Gasteiger charge is -2.36. The summed E-state index contributed by atoms with van der Waals surface area (Å²) in [6.07, 6.45) is 3.51. The number of rotatable bonds is 5.